The van der Waals surface area contributed by atoms with Gasteiger partial charge in [-0.2, -0.15) is 0 Å². The molecule has 0 saturated heterocycles. The molecule has 0 bridgehead atoms. The lowest BCUT2D eigenvalue weighted by Crippen LogP contribution is -2.41. The number of carbonyl (C=O) groups excluding carboxylic acids is 1. The quantitative estimate of drug-likeness (QED) is 0.810. The van der Waals surface area contributed by atoms with Crippen LogP contribution < -0.4 is 10.1 Å². The van der Waals surface area contributed by atoms with Gasteiger partial charge in [0.25, 0.3) is 0 Å². The van der Waals surface area contributed by atoms with Gasteiger partial charge in [0.15, 0.2) is 0 Å². The van der Waals surface area contributed by atoms with Crippen LogP contribution in [0, 0.1) is 0 Å². The monoisotopic (exact) mass is 294 g/mol. The third kappa shape index (κ3) is 5.72. The van der Waals surface area contributed by atoms with Gasteiger partial charge in [-0.25, -0.2) is 4.79 Å². The van der Waals surface area contributed by atoms with E-state index in [1.807, 2.05) is 20.8 Å². The third-order valence-electron chi connectivity index (χ3n) is 2.87. The molecule has 0 fully saturated rings. The highest BCUT2D eigenvalue weighted by molar-refractivity contribution is 5.89. The van der Waals surface area contributed by atoms with Crippen LogP contribution in [-0.2, 0) is 4.79 Å². The summed E-state index contributed by atoms with van der Waals surface area (Å²) in [6.07, 6.45) is -0.0745. The Morgan fingerprint density at radius 3 is 2.38 bits per heavy atom. The van der Waals surface area contributed by atoms with Gasteiger partial charge in [-0.05, 0) is 45.0 Å². The molecule has 1 aromatic rings. The standard InChI is InChI=1S/C15H22N2O4/c1-4-21-13-7-5-12(6-8-13)16-15(20)17(11(2)3)10-9-14(18)19/h5-8,11H,4,9-10H2,1-3H3,(H,16,20)(H,18,19). The molecule has 6 nitrogen and oxygen atoms in total. The van der Waals surface area contributed by atoms with Crippen molar-refractivity contribution in [1.29, 1.82) is 0 Å². The number of hydrogen-bond acceptors (Lipinski definition) is 3. The average Bonchev–Trinajstić information content (AvgIpc) is 2.40. The number of carboxylic acid groups (broad SMARTS) is 1. The molecule has 1 rings (SSSR count). The first kappa shape index (κ1) is 16.8. The van der Waals surface area contributed by atoms with E-state index in [2.05, 4.69) is 5.32 Å². The van der Waals surface area contributed by atoms with E-state index in [4.69, 9.17) is 9.84 Å². The van der Waals surface area contributed by atoms with E-state index in [1.165, 1.54) is 4.90 Å². The molecular weight excluding hydrogens is 272 g/mol. The number of rotatable bonds is 7. The van der Waals surface area contributed by atoms with E-state index >= 15 is 0 Å². The molecule has 2 N–H and O–H groups in total. The van der Waals surface area contributed by atoms with Gasteiger partial charge in [-0.3, -0.25) is 4.79 Å². The minimum absolute atomic E-state index is 0.0745. The minimum atomic E-state index is -0.922. The Morgan fingerprint density at radius 1 is 1.29 bits per heavy atom. The number of benzene rings is 1. The van der Waals surface area contributed by atoms with Gasteiger partial charge in [0.05, 0.1) is 13.0 Å². The Bertz CT molecular complexity index is 471. The second-order valence-corrected chi connectivity index (χ2v) is 4.82. The van der Waals surface area contributed by atoms with Crippen LogP contribution in [0.5, 0.6) is 5.75 Å². The number of aliphatic carboxylic acids is 1. The van der Waals surface area contributed by atoms with Crippen molar-refractivity contribution in [3.05, 3.63) is 24.3 Å². The largest absolute Gasteiger partial charge is 0.494 e. The van der Waals surface area contributed by atoms with Gasteiger partial charge < -0.3 is 20.1 Å². The van der Waals surface area contributed by atoms with E-state index < -0.39 is 5.97 Å². The summed E-state index contributed by atoms with van der Waals surface area (Å²) in [6, 6.07) is 6.66. The van der Waals surface area contributed by atoms with Crippen molar-refractivity contribution >= 4 is 17.7 Å². The van der Waals surface area contributed by atoms with Gasteiger partial charge in [0, 0.05) is 18.3 Å². The molecule has 0 saturated carbocycles. The van der Waals surface area contributed by atoms with Gasteiger partial charge in [0.2, 0.25) is 0 Å². The molecule has 6 heteroatoms. The van der Waals surface area contributed by atoms with Crippen molar-refractivity contribution in [2.75, 3.05) is 18.5 Å². The lowest BCUT2D eigenvalue weighted by Gasteiger charge is -2.26. The van der Waals surface area contributed by atoms with Crippen molar-refractivity contribution in [3.63, 3.8) is 0 Å². The molecule has 0 atom stereocenters. The summed E-state index contributed by atoms with van der Waals surface area (Å²) in [6.45, 7) is 6.36. The smallest absolute Gasteiger partial charge is 0.322 e. The zero-order chi connectivity index (χ0) is 15.8. The van der Waals surface area contributed by atoms with Gasteiger partial charge in [0.1, 0.15) is 5.75 Å². The number of hydrogen-bond donors (Lipinski definition) is 2. The predicted molar refractivity (Wildman–Crippen MR) is 80.7 cm³/mol. The van der Waals surface area contributed by atoms with Crippen molar-refractivity contribution in [2.45, 2.75) is 33.2 Å². The Morgan fingerprint density at radius 2 is 1.90 bits per heavy atom. The zero-order valence-corrected chi connectivity index (χ0v) is 12.6. The third-order valence-corrected chi connectivity index (χ3v) is 2.87. The average molecular weight is 294 g/mol. The van der Waals surface area contributed by atoms with Crippen LogP contribution in [0.25, 0.3) is 0 Å². The summed E-state index contributed by atoms with van der Waals surface area (Å²) in [4.78, 5) is 24.3. The Labute approximate surface area is 124 Å². The second-order valence-electron chi connectivity index (χ2n) is 4.82. The molecule has 0 aliphatic heterocycles. The van der Waals surface area contributed by atoms with E-state index in [-0.39, 0.29) is 25.0 Å². The lowest BCUT2D eigenvalue weighted by atomic mass is 10.3. The zero-order valence-electron chi connectivity index (χ0n) is 12.6. The fourth-order valence-corrected chi connectivity index (χ4v) is 1.81. The number of nitrogens with zero attached hydrogens (tertiary/aromatic N) is 1. The molecular formula is C15H22N2O4. The van der Waals surface area contributed by atoms with E-state index in [0.717, 1.165) is 5.75 Å². The number of carbonyl (C=O) groups is 2. The molecule has 2 amide bonds. The first-order valence-corrected chi connectivity index (χ1v) is 6.96. The Balaban J connectivity index is 2.65. The van der Waals surface area contributed by atoms with E-state index in [1.54, 1.807) is 24.3 Å². The molecule has 0 aromatic heterocycles. The van der Waals surface area contributed by atoms with E-state index in [0.29, 0.717) is 12.3 Å². The van der Waals surface area contributed by atoms with Crippen LogP contribution in [0.2, 0.25) is 0 Å². The molecule has 0 unspecified atom stereocenters. The molecule has 116 valence electrons. The predicted octanol–water partition coefficient (Wildman–Crippen LogP) is 2.80. The molecule has 21 heavy (non-hydrogen) atoms. The highest BCUT2D eigenvalue weighted by Crippen LogP contribution is 2.16. The number of ether oxygens (including phenoxy) is 1. The molecule has 0 radical (unpaired) electrons. The van der Waals surface area contributed by atoms with Crippen molar-refractivity contribution in [3.8, 4) is 5.75 Å². The normalized spacial score (nSPS) is 10.3. The Hall–Kier alpha value is -2.24. The molecule has 0 aliphatic rings. The van der Waals surface area contributed by atoms with Crippen LogP contribution in [0.3, 0.4) is 0 Å². The number of amides is 2. The maximum absolute atomic E-state index is 12.2. The fourth-order valence-electron chi connectivity index (χ4n) is 1.81. The van der Waals surface area contributed by atoms with Crippen molar-refractivity contribution < 1.29 is 19.4 Å². The van der Waals surface area contributed by atoms with Crippen LogP contribution in [0.4, 0.5) is 10.5 Å². The SMILES string of the molecule is CCOc1ccc(NC(=O)N(CCC(=O)O)C(C)C)cc1. The summed E-state index contributed by atoms with van der Waals surface area (Å²) >= 11 is 0. The molecule has 0 aliphatic carbocycles. The van der Waals surface area contributed by atoms with Gasteiger partial charge in [-0.1, -0.05) is 0 Å². The Kier molecular flexibility index (Phi) is 6.52. The number of carboxylic acids is 1. The maximum atomic E-state index is 12.2. The van der Waals surface area contributed by atoms with Crippen molar-refractivity contribution in [2.24, 2.45) is 0 Å². The van der Waals surface area contributed by atoms with Crippen LogP contribution >= 0.6 is 0 Å². The first-order chi connectivity index (χ1) is 9.93. The van der Waals surface area contributed by atoms with E-state index in [9.17, 15) is 9.59 Å². The topological polar surface area (TPSA) is 78.9 Å². The molecule has 1 aromatic carbocycles. The summed E-state index contributed by atoms with van der Waals surface area (Å²) in [5.41, 5.74) is 0.643. The van der Waals surface area contributed by atoms with Crippen LogP contribution in [0.15, 0.2) is 24.3 Å². The minimum Gasteiger partial charge on any atom is -0.494 e. The molecule has 0 heterocycles. The summed E-state index contributed by atoms with van der Waals surface area (Å²) < 4.78 is 5.33. The number of nitrogens with one attached hydrogen (secondary N) is 1. The van der Waals surface area contributed by atoms with Crippen molar-refractivity contribution in [1.82, 2.24) is 4.90 Å². The summed E-state index contributed by atoms with van der Waals surface area (Å²) in [5.74, 6) is -0.184. The summed E-state index contributed by atoms with van der Waals surface area (Å²) in [5, 5.41) is 11.5. The lowest BCUT2D eigenvalue weighted by molar-refractivity contribution is -0.137. The van der Waals surface area contributed by atoms with Crippen LogP contribution in [0.1, 0.15) is 27.2 Å². The fraction of sp³-hybridized carbons (Fsp3) is 0.467. The molecule has 0 spiro atoms. The van der Waals surface area contributed by atoms with Crippen LogP contribution in [-0.4, -0.2) is 41.2 Å². The maximum Gasteiger partial charge on any atom is 0.322 e. The first-order valence-electron chi connectivity index (χ1n) is 6.96. The highest BCUT2D eigenvalue weighted by Gasteiger charge is 2.17. The van der Waals surface area contributed by atoms with Gasteiger partial charge >= 0.3 is 12.0 Å². The van der Waals surface area contributed by atoms with Gasteiger partial charge in [-0.15, -0.1) is 0 Å². The number of anilines is 1. The second kappa shape index (κ2) is 8.14. The number of urea groups is 1. The highest BCUT2D eigenvalue weighted by atomic mass is 16.5. The summed E-state index contributed by atoms with van der Waals surface area (Å²) in [7, 11) is 0.